The summed E-state index contributed by atoms with van der Waals surface area (Å²) in [4.78, 5) is 10.6. The molecule has 4 heterocycles. The van der Waals surface area contributed by atoms with Crippen molar-refractivity contribution in [3.8, 4) is 0 Å². The van der Waals surface area contributed by atoms with E-state index in [9.17, 15) is 0 Å². The number of nitrogens with zero attached hydrogens (tertiary/aromatic N) is 2. The van der Waals surface area contributed by atoms with Crippen molar-refractivity contribution >= 4 is 23.1 Å². The summed E-state index contributed by atoms with van der Waals surface area (Å²) in [6.45, 7) is 2.01. The number of nitrogens with one attached hydrogen (secondary N) is 1. The second-order valence-electron chi connectivity index (χ2n) is 7.51. The molecule has 126 valence electrons. The van der Waals surface area contributed by atoms with Crippen LogP contribution in [0.15, 0.2) is 36.5 Å². The molecular weight excluding hydrogens is 306 g/mol. The third kappa shape index (κ3) is 2.42. The smallest absolute Gasteiger partial charge is 0.0460 e. The highest BCUT2D eigenvalue weighted by Gasteiger charge is 2.39. The number of rotatable bonds is 2. The Morgan fingerprint density at radius 2 is 1.96 bits per heavy atom. The van der Waals surface area contributed by atoms with Gasteiger partial charge in [0, 0.05) is 47.0 Å². The zero-order valence-electron chi connectivity index (χ0n) is 14.8. The summed E-state index contributed by atoms with van der Waals surface area (Å²) in [5.74, 6) is 0. The normalized spacial score (nSPS) is 22.8. The predicted octanol–water partition coefficient (Wildman–Crippen LogP) is 4.73. The Labute approximate surface area is 148 Å². The summed E-state index contributed by atoms with van der Waals surface area (Å²) in [5.41, 5.74) is 7.72. The van der Waals surface area contributed by atoms with Crippen LogP contribution in [0.3, 0.4) is 0 Å². The van der Waals surface area contributed by atoms with Crippen molar-refractivity contribution in [3.05, 3.63) is 64.6 Å². The van der Waals surface area contributed by atoms with Crippen LogP contribution in [-0.2, 0) is 6.42 Å². The van der Waals surface area contributed by atoms with Crippen molar-refractivity contribution in [1.82, 2.24) is 14.9 Å². The number of aromatic nitrogens is 2. The number of aromatic amines is 1. The Morgan fingerprint density at radius 3 is 2.80 bits per heavy atom. The van der Waals surface area contributed by atoms with Gasteiger partial charge in [0.25, 0.3) is 0 Å². The Kier molecular flexibility index (Phi) is 3.32. The number of aryl methyl sites for hydroxylation is 1. The highest BCUT2D eigenvalue weighted by Crippen LogP contribution is 2.45. The molecule has 1 N–H and O–H groups in total. The molecule has 2 aliphatic heterocycles. The van der Waals surface area contributed by atoms with E-state index in [-0.39, 0.29) is 0 Å². The molecule has 0 aliphatic carbocycles. The SMILES string of the molecule is Cc1ccc(/C=C/c2ccc3[nH]c4c(c3c2)C2CCC(C4)N2C)cn1. The molecule has 0 radical (unpaired) electrons. The van der Waals surface area contributed by atoms with Gasteiger partial charge in [0.05, 0.1) is 0 Å². The third-order valence-corrected chi connectivity index (χ3v) is 5.96. The van der Waals surface area contributed by atoms with Crippen molar-refractivity contribution in [1.29, 1.82) is 0 Å². The Balaban J connectivity index is 1.54. The number of benzene rings is 1. The molecule has 25 heavy (non-hydrogen) atoms. The molecule has 3 heteroatoms. The minimum absolute atomic E-state index is 0.586. The van der Waals surface area contributed by atoms with Gasteiger partial charge < -0.3 is 4.98 Å². The zero-order chi connectivity index (χ0) is 17.0. The van der Waals surface area contributed by atoms with E-state index in [4.69, 9.17) is 0 Å². The quantitative estimate of drug-likeness (QED) is 0.737. The fourth-order valence-corrected chi connectivity index (χ4v) is 4.54. The molecule has 3 nitrogen and oxygen atoms in total. The van der Waals surface area contributed by atoms with Crippen molar-refractivity contribution in [2.75, 3.05) is 7.05 Å². The van der Waals surface area contributed by atoms with Crippen LogP contribution in [-0.4, -0.2) is 28.0 Å². The molecule has 2 unspecified atom stereocenters. The van der Waals surface area contributed by atoms with Crippen LogP contribution in [0.1, 0.15) is 47.0 Å². The van der Waals surface area contributed by atoms with Gasteiger partial charge in [0.15, 0.2) is 0 Å². The van der Waals surface area contributed by atoms with E-state index in [2.05, 4.69) is 64.4 Å². The Hall–Kier alpha value is -2.39. The van der Waals surface area contributed by atoms with Gasteiger partial charge in [-0.05, 0) is 61.7 Å². The lowest BCUT2D eigenvalue weighted by atomic mass is 9.96. The maximum atomic E-state index is 4.36. The van der Waals surface area contributed by atoms with Crippen LogP contribution in [0, 0.1) is 6.92 Å². The Morgan fingerprint density at radius 1 is 1.12 bits per heavy atom. The van der Waals surface area contributed by atoms with Gasteiger partial charge in [0.2, 0.25) is 0 Å². The van der Waals surface area contributed by atoms with Crippen molar-refractivity contribution in [3.63, 3.8) is 0 Å². The number of hydrogen-bond donors (Lipinski definition) is 1. The van der Waals surface area contributed by atoms with Gasteiger partial charge >= 0.3 is 0 Å². The number of H-pyrrole nitrogens is 1. The molecule has 1 saturated heterocycles. The molecule has 3 aromatic rings. The summed E-state index contributed by atoms with van der Waals surface area (Å²) in [5, 5.41) is 1.40. The van der Waals surface area contributed by atoms with Crippen LogP contribution >= 0.6 is 0 Å². The first kappa shape index (κ1) is 14.9. The first-order valence-corrected chi connectivity index (χ1v) is 9.16. The lowest BCUT2D eigenvalue weighted by Crippen LogP contribution is -2.33. The monoisotopic (exact) mass is 329 g/mol. The van der Waals surface area contributed by atoms with E-state index in [0.29, 0.717) is 6.04 Å². The van der Waals surface area contributed by atoms with Gasteiger partial charge in [-0.2, -0.15) is 0 Å². The first-order valence-electron chi connectivity index (χ1n) is 9.16. The summed E-state index contributed by atoms with van der Waals surface area (Å²) in [6.07, 6.45) is 10.0. The average Bonchev–Trinajstić information content (AvgIpc) is 3.08. The van der Waals surface area contributed by atoms with Crippen LogP contribution in [0.25, 0.3) is 23.1 Å². The fourth-order valence-electron chi connectivity index (χ4n) is 4.54. The molecule has 0 spiro atoms. The summed E-state index contributed by atoms with van der Waals surface area (Å²) in [7, 11) is 2.29. The minimum Gasteiger partial charge on any atom is -0.358 e. The minimum atomic E-state index is 0.586. The van der Waals surface area contributed by atoms with Crippen molar-refractivity contribution in [2.45, 2.75) is 38.3 Å². The predicted molar refractivity (Wildman–Crippen MR) is 103 cm³/mol. The largest absolute Gasteiger partial charge is 0.358 e. The van der Waals surface area contributed by atoms with E-state index >= 15 is 0 Å². The zero-order valence-corrected chi connectivity index (χ0v) is 14.8. The molecule has 5 rings (SSSR count). The molecule has 2 bridgehead atoms. The maximum Gasteiger partial charge on any atom is 0.0460 e. The molecule has 1 fully saturated rings. The molecule has 2 aromatic heterocycles. The highest BCUT2D eigenvalue weighted by molar-refractivity contribution is 5.88. The molecule has 1 aromatic carbocycles. The second-order valence-corrected chi connectivity index (χ2v) is 7.51. The lowest BCUT2D eigenvalue weighted by molar-refractivity contribution is 0.224. The van der Waals surface area contributed by atoms with Gasteiger partial charge in [-0.15, -0.1) is 0 Å². The first-order chi connectivity index (χ1) is 12.2. The number of hydrogen-bond acceptors (Lipinski definition) is 2. The van der Waals surface area contributed by atoms with Crippen molar-refractivity contribution < 1.29 is 0 Å². The van der Waals surface area contributed by atoms with Gasteiger partial charge in [0.1, 0.15) is 0 Å². The fraction of sp³-hybridized carbons (Fsp3) is 0.318. The average molecular weight is 329 g/mol. The van der Waals surface area contributed by atoms with E-state index in [1.54, 1.807) is 5.56 Å². The van der Waals surface area contributed by atoms with Crippen LogP contribution in [0.5, 0.6) is 0 Å². The van der Waals surface area contributed by atoms with E-state index in [1.807, 2.05) is 13.1 Å². The van der Waals surface area contributed by atoms with Crippen LogP contribution < -0.4 is 0 Å². The van der Waals surface area contributed by atoms with Gasteiger partial charge in [-0.3, -0.25) is 9.88 Å². The topological polar surface area (TPSA) is 31.9 Å². The number of pyridine rings is 1. The van der Waals surface area contributed by atoms with E-state index in [0.717, 1.165) is 23.7 Å². The molecule has 2 aliphatic rings. The van der Waals surface area contributed by atoms with E-state index in [1.165, 1.54) is 35.0 Å². The van der Waals surface area contributed by atoms with Crippen LogP contribution in [0.2, 0.25) is 0 Å². The van der Waals surface area contributed by atoms with Gasteiger partial charge in [-0.25, -0.2) is 0 Å². The maximum absolute atomic E-state index is 4.36. The molecular formula is C22H23N3. The van der Waals surface area contributed by atoms with Crippen molar-refractivity contribution in [2.24, 2.45) is 0 Å². The summed E-state index contributed by atoms with van der Waals surface area (Å²) in [6, 6.07) is 12.2. The van der Waals surface area contributed by atoms with Crippen LogP contribution in [0.4, 0.5) is 0 Å². The van der Waals surface area contributed by atoms with Gasteiger partial charge in [-0.1, -0.05) is 24.3 Å². The summed E-state index contributed by atoms with van der Waals surface area (Å²) >= 11 is 0. The summed E-state index contributed by atoms with van der Waals surface area (Å²) < 4.78 is 0. The highest BCUT2D eigenvalue weighted by atomic mass is 15.2. The molecule has 0 saturated carbocycles. The molecule has 2 atom stereocenters. The van der Waals surface area contributed by atoms with E-state index < -0.39 is 0 Å². The lowest BCUT2D eigenvalue weighted by Gasteiger charge is -2.31. The molecule has 0 amide bonds. The number of likely N-dealkylation sites (N-methyl/N-ethyl adjacent to an activating group) is 1. The second kappa shape index (κ2) is 5.57. The third-order valence-electron chi connectivity index (χ3n) is 5.96. The number of fused-ring (bicyclic) bond motifs is 6. The standard InChI is InChI=1S/C22H23N3/c1-14-3-4-16(13-23-14)6-5-15-7-9-19-18(11-15)22-20(24-19)12-17-8-10-21(22)25(17)2/h3-7,9,11,13,17,21,24H,8,10,12H2,1-2H3/b6-5+. The Bertz CT molecular complexity index is 965.